The van der Waals surface area contributed by atoms with E-state index in [-0.39, 0.29) is 11.5 Å². The first-order valence-corrected chi connectivity index (χ1v) is 5.84. The molecule has 2 rings (SSSR count). The van der Waals surface area contributed by atoms with Crippen LogP contribution in [0.2, 0.25) is 0 Å². The van der Waals surface area contributed by atoms with E-state index in [2.05, 4.69) is 10.3 Å². The van der Waals surface area contributed by atoms with Gasteiger partial charge in [0.25, 0.3) is 5.91 Å². The number of H-pyrrole nitrogens is 1. The molecule has 5 nitrogen and oxygen atoms in total. The molecular weight excluding hydrogens is 242 g/mol. The summed E-state index contributed by atoms with van der Waals surface area (Å²) >= 11 is 0. The Kier molecular flexibility index (Phi) is 3.37. The van der Waals surface area contributed by atoms with Gasteiger partial charge in [-0.05, 0) is 43.2 Å². The molecule has 1 aromatic heterocycles. The van der Waals surface area contributed by atoms with Gasteiger partial charge in [-0.25, -0.2) is 0 Å². The van der Waals surface area contributed by atoms with Crippen LogP contribution in [0.25, 0.3) is 0 Å². The SMILES string of the molecule is Cc1cc(NC(=O)c2cc[nH]c(=O)c2)c(C)cc1N. The van der Waals surface area contributed by atoms with Crippen LogP contribution in [-0.2, 0) is 0 Å². The highest BCUT2D eigenvalue weighted by molar-refractivity contribution is 6.04. The van der Waals surface area contributed by atoms with Crippen LogP contribution in [0.3, 0.4) is 0 Å². The fourth-order valence-electron chi connectivity index (χ4n) is 1.75. The molecule has 1 amide bonds. The summed E-state index contributed by atoms with van der Waals surface area (Å²) in [4.78, 5) is 25.6. The number of carbonyl (C=O) groups is 1. The van der Waals surface area contributed by atoms with E-state index in [0.717, 1.165) is 11.1 Å². The number of nitrogens with one attached hydrogen (secondary N) is 2. The van der Waals surface area contributed by atoms with E-state index in [0.29, 0.717) is 16.9 Å². The molecule has 0 saturated carbocycles. The summed E-state index contributed by atoms with van der Waals surface area (Å²) in [5.74, 6) is -0.321. The number of hydrogen-bond donors (Lipinski definition) is 3. The highest BCUT2D eigenvalue weighted by atomic mass is 16.2. The van der Waals surface area contributed by atoms with Crippen molar-refractivity contribution in [3.05, 3.63) is 57.5 Å². The van der Waals surface area contributed by atoms with Crippen LogP contribution in [-0.4, -0.2) is 10.9 Å². The quantitative estimate of drug-likeness (QED) is 0.717. The standard InChI is InChI=1S/C14H15N3O2/c1-8-6-12(9(2)5-11(8)15)17-14(19)10-3-4-16-13(18)7-10/h3-7H,15H2,1-2H3,(H,16,18)(H,17,19). The van der Waals surface area contributed by atoms with E-state index in [1.54, 1.807) is 6.07 Å². The van der Waals surface area contributed by atoms with Crippen molar-refractivity contribution in [2.24, 2.45) is 0 Å². The second kappa shape index (κ2) is 4.97. The summed E-state index contributed by atoms with van der Waals surface area (Å²) in [5, 5.41) is 2.77. The molecule has 0 fully saturated rings. The maximum atomic E-state index is 12.0. The molecule has 0 aliphatic heterocycles. The molecule has 1 aromatic carbocycles. The van der Waals surface area contributed by atoms with E-state index >= 15 is 0 Å². The number of nitrogens with two attached hydrogens (primary N) is 1. The summed E-state index contributed by atoms with van der Waals surface area (Å²) in [6.45, 7) is 3.74. The van der Waals surface area contributed by atoms with Gasteiger partial charge in [-0.3, -0.25) is 9.59 Å². The molecular formula is C14H15N3O2. The summed E-state index contributed by atoms with van der Waals surface area (Å²) in [6, 6.07) is 6.43. The molecule has 4 N–H and O–H groups in total. The van der Waals surface area contributed by atoms with Crippen molar-refractivity contribution in [1.29, 1.82) is 0 Å². The van der Waals surface area contributed by atoms with Gasteiger partial charge in [-0.15, -0.1) is 0 Å². The summed E-state index contributed by atoms with van der Waals surface area (Å²) < 4.78 is 0. The van der Waals surface area contributed by atoms with Crippen molar-refractivity contribution in [1.82, 2.24) is 4.98 Å². The van der Waals surface area contributed by atoms with Gasteiger partial charge in [0.15, 0.2) is 0 Å². The number of aryl methyl sites for hydroxylation is 2. The molecule has 2 aromatic rings. The highest BCUT2D eigenvalue weighted by Crippen LogP contribution is 2.22. The number of carbonyl (C=O) groups excluding carboxylic acids is 1. The average Bonchev–Trinajstić information content (AvgIpc) is 2.36. The smallest absolute Gasteiger partial charge is 0.255 e. The molecule has 0 aliphatic rings. The monoisotopic (exact) mass is 257 g/mol. The molecule has 0 spiro atoms. The van der Waals surface area contributed by atoms with E-state index in [1.165, 1.54) is 12.3 Å². The maximum absolute atomic E-state index is 12.0. The Labute approximate surface area is 110 Å². The maximum Gasteiger partial charge on any atom is 0.255 e. The fraction of sp³-hybridized carbons (Fsp3) is 0.143. The Morgan fingerprint density at radius 3 is 2.63 bits per heavy atom. The van der Waals surface area contributed by atoms with Gasteiger partial charge >= 0.3 is 0 Å². The number of pyridine rings is 1. The van der Waals surface area contributed by atoms with Gasteiger partial charge in [0, 0.05) is 29.2 Å². The van der Waals surface area contributed by atoms with Crippen LogP contribution in [0.5, 0.6) is 0 Å². The summed E-state index contributed by atoms with van der Waals surface area (Å²) in [7, 11) is 0. The molecule has 1 heterocycles. The van der Waals surface area contributed by atoms with Crippen molar-refractivity contribution in [2.75, 3.05) is 11.1 Å². The molecule has 0 saturated heterocycles. The molecule has 5 heteroatoms. The Bertz CT molecular complexity index is 689. The number of rotatable bonds is 2. The first kappa shape index (κ1) is 12.9. The Morgan fingerprint density at radius 2 is 1.95 bits per heavy atom. The van der Waals surface area contributed by atoms with Gasteiger partial charge in [0.1, 0.15) is 0 Å². The minimum Gasteiger partial charge on any atom is -0.399 e. The van der Waals surface area contributed by atoms with E-state index in [9.17, 15) is 9.59 Å². The van der Waals surface area contributed by atoms with Crippen LogP contribution in [0.1, 0.15) is 21.5 Å². The van der Waals surface area contributed by atoms with E-state index in [1.807, 2.05) is 26.0 Å². The number of aromatic nitrogens is 1. The van der Waals surface area contributed by atoms with Crippen LogP contribution < -0.4 is 16.6 Å². The molecule has 0 aliphatic carbocycles. The Morgan fingerprint density at radius 1 is 1.21 bits per heavy atom. The van der Waals surface area contributed by atoms with Gasteiger partial charge in [-0.1, -0.05) is 0 Å². The minimum absolute atomic E-state index is 0.308. The van der Waals surface area contributed by atoms with Crippen LogP contribution in [0, 0.1) is 13.8 Å². The van der Waals surface area contributed by atoms with Crippen LogP contribution in [0.15, 0.2) is 35.3 Å². The summed E-state index contributed by atoms with van der Waals surface area (Å²) in [6.07, 6.45) is 1.44. The molecule has 0 bridgehead atoms. The van der Waals surface area contributed by atoms with Crippen LogP contribution >= 0.6 is 0 Å². The minimum atomic E-state index is -0.321. The molecule has 0 atom stereocenters. The second-order valence-electron chi connectivity index (χ2n) is 4.42. The lowest BCUT2D eigenvalue weighted by Crippen LogP contribution is -2.16. The van der Waals surface area contributed by atoms with Crippen molar-refractivity contribution in [3.63, 3.8) is 0 Å². The molecule has 98 valence electrons. The van der Waals surface area contributed by atoms with Gasteiger partial charge in [-0.2, -0.15) is 0 Å². The largest absolute Gasteiger partial charge is 0.399 e. The summed E-state index contributed by atoms with van der Waals surface area (Å²) in [5.41, 5.74) is 8.95. The van der Waals surface area contributed by atoms with Crippen molar-refractivity contribution < 1.29 is 4.79 Å². The lowest BCUT2D eigenvalue weighted by molar-refractivity contribution is 0.102. The van der Waals surface area contributed by atoms with Gasteiger partial charge in [0.05, 0.1) is 0 Å². The fourth-order valence-corrected chi connectivity index (χ4v) is 1.75. The van der Waals surface area contributed by atoms with Gasteiger partial charge in [0.2, 0.25) is 5.56 Å². The number of hydrogen-bond acceptors (Lipinski definition) is 3. The number of amides is 1. The van der Waals surface area contributed by atoms with Crippen LogP contribution in [0.4, 0.5) is 11.4 Å². The third-order valence-corrected chi connectivity index (χ3v) is 2.90. The molecule has 0 radical (unpaired) electrons. The van der Waals surface area contributed by atoms with Crippen molar-refractivity contribution in [3.8, 4) is 0 Å². The first-order chi connectivity index (χ1) is 8.97. The third-order valence-electron chi connectivity index (χ3n) is 2.90. The predicted octanol–water partition coefficient (Wildman–Crippen LogP) is 1.83. The van der Waals surface area contributed by atoms with E-state index in [4.69, 9.17) is 5.73 Å². The zero-order chi connectivity index (χ0) is 14.0. The molecule has 19 heavy (non-hydrogen) atoms. The Balaban J connectivity index is 2.29. The highest BCUT2D eigenvalue weighted by Gasteiger charge is 2.09. The van der Waals surface area contributed by atoms with Crippen molar-refractivity contribution >= 4 is 17.3 Å². The molecule has 0 unspecified atom stereocenters. The zero-order valence-corrected chi connectivity index (χ0v) is 10.8. The Hall–Kier alpha value is -2.56. The number of benzene rings is 1. The normalized spacial score (nSPS) is 10.2. The number of anilines is 2. The number of nitrogen functional groups attached to an aromatic ring is 1. The predicted molar refractivity (Wildman–Crippen MR) is 75.3 cm³/mol. The van der Waals surface area contributed by atoms with Gasteiger partial charge < -0.3 is 16.0 Å². The third kappa shape index (κ3) is 2.82. The average molecular weight is 257 g/mol. The second-order valence-corrected chi connectivity index (χ2v) is 4.42. The van der Waals surface area contributed by atoms with E-state index < -0.39 is 0 Å². The zero-order valence-electron chi connectivity index (χ0n) is 10.8. The topological polar surface area (TPSA) is 88.0 Å². The van der Waals surface area contributed by atoms with Crippen molar-refractivity contribution in [2.45, 2.75) is 13.8 Å². The lowest BCUT2D eigenvalue weighted by atomic mass is 10.1. The first-order valence-electron chi connectivity index (χ1n) is 5.84. The lowest BCUT2D eigenvalue weighted by Gasteiger charge is -2.11. The number of aromatic amines is 1.